The molecule has 3 aromatic rings. The fourth-order valence-corrected chi connectivity index (χ4v) is 5.57. The van der Waals surface area contributed by atoms with Gasteiger partial charge < -0.3 is 31.1 Å². The minimum atomic E-state index is -0.341. The summed E-state index contributed by atoms with van der Waals surface area (Å²) >= 11 is 0. The Morgan fingerprint density at radius 2 is 1.82 bits per heavy atom. The van der Waals surface area contributed by atoms with Crippen molar-refractivity contribution in [1.29, 1.82) is 0 Å². The summed E-state index contributed by atoms with van der Waals surface area (Å²) < 4.78 is 6.63. The van der Waals surface area contributed by atoms with E-state index >= 15 is 0 Å². The van der Waals surface area contributed by atoms with Gasteiger partial charge in [-0.05, 0) is 74.8 Å². The monoisotopic (exact) mass is 613 g/mol. The van der Waals surface area contributed by atoms with E-state index in [1.807, 2.05) is 56.4 Å². The zero-order chi connectivity index (χ0) is 32.1. The van der Waals surface area contributed by atoms with Gasteiger partial charge in [0.05, 0.1) is 30.4 Å². The molecule has 3 aromatic carbocycles. The molecule has 5 N–H and O–H groups in total. The lowest BCUT2D eigenvalue weighted by atomic mass is 10.0. The van der Waals surface area contributed by atoms with E-state index in [1.165, 1.54) is 0 Å². The maximum Gasteiger partial charge on any atom is 0.255 e. The second kappa shape index (κ2) is 14.1. The number of hydrogen-bond acceptors (Lipinski definition) is 7. The predicted molar refractivity (Wildman–Crippen MR) is 175 cm³/mol. The van der Waals surface area contributed by atoms with Gasteiger partial charge in [-0.1, -0.05) is 31.2 Å². The van der Waals surface area contributed by atoms with E-state index in [0.717, 1.165) is 18.4 Å². The molecule has 0 spiro atoms. The third kappa shape index (κ3) is 8.20. The van der Waals surface area contributed by atoms with Gasteiger partial charge in [-0.25, -0.2) is 0 Å². The zero-order valence-electron chi connectivity index (χ0n) is 26.2. The summed E-state index contributed by atoms with van der Waals surface area (Å²) in [5.41, 5.74) is 9.96. The third-order valence-electron chi connectivity index (χ3n) is 8.50. The lowest BCUT2D eigenvalue weighted by molar-refractivity contribution is -0.134. The number of nitrogens with one attached hydrogen (secondary N) is 2. The summed E-state index contributed by atoms with van der Waals surface area (Å²) in [6, 6.07) is 19.8. The average Bonchev–Trinajstić information content (AvgIpc) is 3.87. The van der Waals surface area contributed by atoms with Gasteiger partial charge in [-0.2, -0.15) is 0 Å². The Bertz CT molecular complexity index is 1520. The van der Waals surface area contributed by atoms with Crippen LogP contribution in [-0.2, 0) is 22.6 Å². The number of aliphatic hydroxyl groups excluding tert-OH is 1. The van der Waals surface area contributed by atoms with Crippen molar-refractivity contribution in [2.75, 3.05) is 43.1 Å². The molecule has 3 atom stereocenters. The molecule has 238 valence electrons. The number of nitrogens with two attached hydrogens (primary N) is 1. The van der Waals surface area contributed by atoms with Crippen LogP contribution in [0.3, 0.4) is 0 Å². The fraction of sp³-hybridized carbons (Fsp3) is 0.400. The van der Waals surface area contributed by atoms with Crippen molar-refractivity contribution in [2.24, 2.45) is 11.8 Å². The van der Waals surface area contributed by atoms with Crippen LogP contribution >= 0.6 is 0 Å². The number of amides is 3. The zero-order valence-corrected chi connectivity index (χ0v) is 26.2. The summed E-state index contributed by atoms with van der Waals surface area (Å²) in [5.74, 6) is 0.325. The molecule has 45 heavy (non-hydrogen) atoms. The van der Waals surface area contributed by atoms with Crippen molar-refractivity contribution in [3.05, 3.63) is 83.4 Å². The van der Waals surface area contributed by atoms with Crippen LogP contribution in [0.4, 0.5) is 17.1 Å². The number of likely N-dealkylation sites (N-methyl/N-ethyl adjacent to an activating group) is 1. The molecular weight excluding hydrogens is 570 g/mol. The predicted octanol–water partition coefficient (Wildman–Crippen LogP) is 4.15. The number of benzene rings is 3. The highest BCUT2D eigenvalue weighted by molar-refractivity contribution is 6.05. The minimum Gasteiger partial charge on any atom is -0.488 e. The van der Waals surface area contributed by atoms with E-state index in [2.05, 4.69) is 22.5 Å². The van der Waals surface area contributed by atoms with E-state index in [0.29, 0.717) is 53.6 Å². The van der Waals surface area contributed by atoms with Crippen molar-refractivity contribution in [1.82, 2.24) is 9.80 Å². The molecular formula is C35H43N5O5. The van der Waals surface area contributed by atoms with E-state index in [9.17, 15) is 19.5 Å². The van der Waals surface area contributed by atoms with Gasteiger partial charge in [0.1, 0.15) is 11.9 Å². The quantitative estimate of drug-likeness (QED) is 0.252. The van der Waals surface area contributed by atoms with Gasteiger partial charge in [0.25, 0.3) is 5.91 Å². The highest BCUT2D eigenvalue weighted by atomic mass is 16.5. The van der Waals surface area contributed by atoms with E-state index in [4.69, 9.17) is 10.5 Å². The average molecular weight is 614 g/mol. The molecule has 1 saturated carbocycles. The maximum absolute atomic E-state index is 13.5. The first-order valence-electron chi connectivity index (χ1n) is 15.6. The summed E-state index contributed by atoms with van der Waals surface area (Å²) in [5, 5.41) is 15.7. The molecule has 1 aliphatic heterocycles. The molecule has 5 rings (SSSR count). The smallest absolute Gasteiger partial charge is 0.255 e. The topological polar surface area (TPSA) is 137 Å². The largest absolute Gasteiger partial charge is 0.488 e. The van der Waals surface area contributed by atoms with Gasteiger partial charge in [-0.15, -0.1) is 0 Å². The molecule has 0 radical (unpaired) electrons. The van der Waals surface area contributed by atoms with Gasteiger partial charge in [0.2, 0.25) is 11.8 Å². The molecule has 2 aliphatic rings. The first kappa shape index (κ1) is 32.0. The molecule has 3 amide bonds. The number of nitrogen functional groups attached to an aromatic ring is 1. The van der Waals surface area contributed by atoms with Crippen molar-refractivity contribution >= 4 is 34.8 Å². The molecule has 10 heteroatoms. The van der Waals surface area contributed by atoms with Crippen molar-refractivity contribution < 1.29 is 24.2 Å². The van der Waals surface area contributed by atoms with Crippen LogP contribution in [0, 0.1) is 11.8 Å². The number of hydrogen-bond donors (Lipinski definition) is 4. The number of ether oxygens (including phenoxy) is 1. The van der Waals surface area contributed by atoms with Crippen molar-refractivity contribution in [3.8, 4) is 5.75 Å². The number of anilines is 3. The van der Waals surface area contributed by atoms with Gasteiger partial charge in [0, 0.05) is 48.3 Å². The number of rotatable bonds is 10. The van der Waals surface area contributed by atoms with Crippen LogP contribution in [0.25, 0.3) is 0 Å². The lowest BCUT2D eigenvalue weighted by Gasteiger charge is -2.34. The van der Waals surface area contributed by atoms with E-state index in [1.54, 1.807) is 29.2 Å². The Morgan fingerprint density at radius 1 is 1.09 bits per heavy atom. The minimum absolute atomic E-state index is 0.00321. The third-order valence-corrected chi connectivity index (χ3v) is 8.50. The number of para-hydroxylation sites is 2. The molecule has 1 aliphatic carbocycles. The maximum atomic E-state index is 13.5. The Labute approximate surface area is 264 Å². The lowest BCUT2D eigenvalue weighted by Crippen LogP contribution is -2.47. The van der Waals surface area contributed by atoms with E-state index < -0.39 is 0 Å². The SMILES string of the molecule is C[C@H]1CN([C@@H](C)CO)C(=O)Cc2cc(NC(=O)C3CC3)ccc2O[C@@H]1CN(C)Cc1ccc(C(=O)Nc2ccccc2N)cc1. The van der Waals surface area contributed by atoms with Crippen molar-refractivity contribution in [2.45, 2.75) is 51.8 Å². The fourth-order valence-electron chi connectivity index (χ4n) is 5.57. The molecule has 0 bridgehead atoms. The second-order valence-corrected chi connectivity index (χ2v) is 12.4. The summed E-state index contributed by atoms with van der Waals surface area (Å²) in [6.07, 6.45) is 1.66. The summed E-state index contributed by atoms with van der Waals surface area (Å²) in [7, 11) is 2.01. The van der Waals surface area contributed by atoms with Crippen molar-refractivity contribution in [3.63, 3.8) is 0 Å². The molecule has 0 aromatic heterocycles. The van der Waals surface area contributed by atoms with Gasteiger partial charge in [0.15, 0.2) is 0 Å². The second-order valence-electron chi connectivity index (χ2n) is 12.4. The van der Waals surface area contributed by atoms with Gasteiger partial charge in [-0.3, -0.25) is 19.3 Å². The molecule has 10 nitrogen and oxygen atoms in total. The molecule has 1 heterocycles. The first-order valence-corrected chi connectivity index (χ1v) is 15.6. The van der Waals surface area contributed by atoms with Crippen LogP contribution in [0.1, 0.15) is 48.2 Å². The Balaban J connectivity index is 1.29. The molecule has 0 unspecified atom stereocenters. The molecule has 0 saturated heterocycles. The summed E-state index contributed by atoms with van der Waals surface area (Å²) in [6.45, 7) is 5.40. The Morgan fingerprint density at radius 3 is 2.51 bits per heavy atom. The van der Waals surface area contributed by atoms with Crippen LogP contribution in [0.15, 0.2) is 66.7 Å². The number of nitrogens with zero attached hydrogens (tertiary/aromatic N) is 2. The normalized spacial score (nSPS) is 19.0. The van der Waals surface area contributed by atoms with Crippen LogP contribution in [-0.4, -0.2) is 71.5 Å². The van der Waals surface area contributed by atoms with E-state index in [-0.39, 0.29) is 54.7 Å². The number of carbonyl (C=O) groups is 3. The summed E-state index contributed by atoms with van der Waals surface area (Å²) in [4.78, 5) is 42.5. The first-order chi connectivity index (χ1) is 21.6. The number of aliphatic hydroxyl groups is 1. The highest BCUT2D eigenvalue weighted by Crippen LogP contribution is 2.32. The number of carbonyl (C=O) groups excluding carboxylic acids is 3. The van der Waals surface area contributed by atoms with Crippen LogP contribution < -0.4 is 21.1 Å². The molecule has 1 fully saturated rings. The van der Waals surface area contributed by atoms with Crippen LogP contribution in [0.2, 0.25) is 0 Å². The van der Waals surface area contributed by atoms with Crippen LogP contribution in [0.5, 0.6) is 5.75 Å². The number of fused-ring (bicyclic) bond motifs is 1. The van der Waals surface area contributed by atoms with Gasteiger partial charge >= 0.3 is 0 Å². The standard InChI is InChI=1S/C35H43N5O5/c1-22-18-40(23(2)21-41)33(42)17-27-16-28(37-34(43)26-12-13-26)14-15-31(27)45-32(22)20-39(3)19-24-8-10-25(11-9-24)35(44)38-30-7-5-4-6-29(30)36/h4-11,14-16,22-23,26,32,41H,12-13,17-21,36H2,1-3H3,(H,37,43)(H,38,44)/t22-,23-,32+/m0/s1. The Hall–Kier alpha value is -4.41. The highest BCUT2D eigenvalue weighted by Gasteiger charge is 2.32. The Kier molecular flexibility index (Phi) is 10.0.